The van der Waals surface area contributed by atoms with Crippen molar-refractivity contribution < 1.29 is 14.3 Å². The van der Waals surface area contributed by atoms with Gasteiger partial charge in [0, 0.05) is 19.4 Å². The molecule has 0 aromatic heterocycles. The summed E-state index contributed by atoms with van der Waals surface area (Å²) >= 11 is 0. The second-order valence-corrected chi connectivity index (χ2v) is 5.59. The minimum absolute atomic E-state index is 0.00488. The van der Waals surface area contributed by atoms with Crippen molar-refractivity contribution in [3.05, 3.63) is 0 Å². The fraction of sp³-hybridized carbons (Fsp3) is 0.923. The highest BCUT2D eigenvalue weighted by atomic mass is 16.6. The maximum absolute atomic E-state index is 12.1. The zero-order chi connectivity index (χ0) is 12.5. The predicted molar refractivity (Wildman–Crippen MR) is 64.5 cm³/mol. The lowest BCUT2D eigenvalue weighted by atomic mass is 9.69. The number of carbonyl (C=O) groups excluding carboxylic acids is 1. The molecule has 0 aromatic carbocycles. The predicted octanol–water partition coefficient (Wildman–Crippen LogP) is 1.61. The Labute approximate surface area is 103 Å². The number of ether oxygens (including phenoxy) is 2. The molecule has 1 heterocycles. The third kappa shape index (κ3) is 2.63. The highest BCUT2D eigenvalue weighted by Crippen LogP contribution is 2.41. The monoisotopic (exact) mass is 241 g/mol. The van der Waals surface area contributed by atoms with E-state index < -0.39 is 0 Å². The van der Waals surface area contributed by atoms with Crippen molar-refractivity contribution >= 4 is 5.97 Å². The van der Waals surface area contributed by atoms with E-state index in [2.05, 4.69) is 0 Å². The molecule has 4 heteroatoms. The van der Waals surface area contributed by atoms with E-state index in [1.54, 1.807) is 0 Å². The van der Waals surface area contributed by atoms with Gasteiger partial charge < -0.3 is 15.2 Å². The summed E-state index contributed by atoms with van der Waals surface area (Å²) < 4.78 is 11.3. The third-order valence-corrected chi connectivity index (χ3v) is 4.06. The van der Waals surface area contributed by atoms with Crippen molar-refractivity contribution in [1.82, 2.24) is 0 Å². The molecular weight excluding hydrogens is 218 g/mol. The molecule has 4 nitrogen and oxygen atoms in total. The van der Waals surface area contributed by atoms with E-state index in [9.17, 15) is 4.79 Å². The summed E-state index contributed by atoms with van der Waals surface area (Å²) in [6.07, 6.45) is 4.82. The topological polar surface area (TPSA) is 61.5 Å². The van der Waals surface area contributed by atoms with Crippen LogP contribution in [-0.4, -0.2) is 30.8 Å². The Kier molecular flexibility index (Phi) is 3.73. The summed E-state index contributed by atoms with van der Waals surface area (Å²) in [5.74, 6) is -0.0856. The van der Waals surface area contributed by atoms with Gasteiger partial charge in [-0.25, -0.2) is 0 Å². The molecule has 1 aliphatic heterocycles. The molecule has 2 aliphatic rings. The van der Waals surface area contributed by atoms with Crippen LogP contribution in [0.2, 0.25) is 0 Å². The summed E-state index contributed by atoms with van der Waals surface area (Å²) in [4.78, 5) is 12.1. The summed E-state index contributed by atoms with van der Waals surface area (Å²) in [5, 5.41) is 0. The van der Waals surface area contributed by atoms with Gasteiger partial charge in [-0.1, -0.05) is 6.42 Å². The van der Waals surface area contributed by atoms with E-state index in [1.807, 2.05) is 13.8 Å². The number of esters is 1. The lowest BCUT2D eigenvalue weighted by Gasteiger charge is -2.40. The zero-order valence-electron chi connectivity index (χ0n) is 10.8. The Morgan fingerprint density at radius 3 is 2.35 bits per heavy atom. The van der Waals surface area contributed by atoms with Crippen molar-refractivity contribution in [3.63, 3.8) is 0 Å². The van der Waals surface area contributed by atoms with E-state index in [0.717, 1.165) is 32.1 Å². The van der Waals surface area contributed by atoms with E-state index in [1.165, 1.54) is 0 Å². The van der Waals surface area contributed by atoms with Gasteiger partial charge in [-0.05, 0) is 26.7 Å². The number of hydrogen-bond donors (Lipinski definition) is 1. The minimum atomic E-state index is -0.370. The second-order valence-electron chi connectivity index (χ2n) is 5.59. The van der Waals surface area contributed by atoms with Crippen molar-refractivity contribution in [2.24, 2.45) is 11.1 Å². The van der Waals surface area contributed by atoms with Gasteiger partial charge in [0.15, 0.2) is 0 Å². The molecular formula is C13H23NO3. The van der Waals surface area contributed by atoms with Crippen molar-refractivity contribution in [2.45, 2.75) is 64.3 Å². The SMILES string of the molecule is CC1CC(OC(=O)C2(CN)CCC2)CC(C)O1. The van der Waals surface area contributed by atoms with Gasteiger partial charge in [0.2, 0.25) is 0 Å². The highest BCUT2D eigenvalue weighted by Gasteiger charge is 2.45. The van der Waals surface area contributed by atoms with Crippen LogP contribution in [0.3, 0.4) is 0 Å². The fourth-order valence-corrected chi connectivity index (χ4v) is 2.81. The van der Waals surface area contributed by atoms with Crippen LogP contribution in [0.25, 0.3) is 0 Å². The molecule has 1 saturated heterocycles. The number of carbonyl (C=O) groups is 1. The molecule has 98 valence electrons. The lowest BCUT2D eigenvalue weighted by molar-refractivity contribution is -0.175. The lowest BCUT2D eigenvalue weighted by Crippen LogP contribution is -2.47. The Morgan fingerprint density at radius 1 is 1.35 bits per heavy atom. The average molecular weight is 241 g/mol. The first kappa shape index (κ1) is 12.8. The van der Waals surface area contributed by atoms with Gasteiger partial charge in [-0.3, -0.25) is 4.79 Å². The average Bonchev–Trinajstić information content (AvgIpc) is 2.14. The molecule has 2 atom stereocenters. The third-order valence-electron chi connectivity index (χ3n) is 4.06. The fourth-order valence-electron chi connectivity index (χ4n) is 2.81. The molecule has 17 heavy (non-hydrogen) atoms. The number of rotatable bonds is 3. The number of nitrogens with two attached hydrogens (primary N) is 1. The Hall–Kier alpha value is -0.610. The van der Waals surface area contributed by atoms with Gasteiger partial charge in [0.1, 0.15) is 6.10 Å². The molecule has 1 aliphatic carbocycles. The summed E-state index contributed by atoms with van der Waals surface area (Å²) in [6.45, 7) is 4.47. The first-order valence-electron chi connectivity index (χ1n) is 6.62. The van der Waals surface area contributed by atoms with E-state index in [0.29, 0.717) is 6.54 Å². The highest BCUT2D eigenvalue weighted by molar-refractivity contribution is 5.78. The van der Waals surface area contributed by atoms with Gasteiger partial charge in [0.25, 0.3) is 0 Å². The van der Waals surface area contributed by atoms with Crippen LogP contribution in [0.4, 0.5) is 0 Å². The quantitative estimate of drug-likeness (QED) is 0.763. The second kappa shape index (κ2) is 4.94. The summed E-state index contributed by atoms with van der Waals surface area (Å²) in [7, 11) is 0. The maximum Gasteiger partial charge on any atom is 0.313 e. The molecule has 1 saturated carbocycles. The van der Waals surface area contributed by atoms with Crippen LogP contribution in [-0.2, 0) is 14.3 Å². The molecule has 0 aromatic rings. The molecule has 0 bridgehead atoms. The van der Waals surface area contributed by atoms with Crippen LogP contribution >= 0.6 is 0 Å². The van der Waals surface area contributed by atoms with Gasteiger partial charge in [0.05, 0.1) is 17.6 Å². The largest absolute Gasteiger partial charge is 0.462 e. The first-order chi connectivity index (χ1) is 8.05. The van der Waals surface area contributed by atoms with Crippen LogP contribution in [0, 0.1) is 5.41 Å². The first-order valence-corrected chi connectivity index (χ1v) is 6.62. The number of hydrogen-bond acceptors (Lipinski definition) is 4. The van der Waals surface area contributed by atoms with Crippen molar-refractivity contribution in [2.75, 3.05) is 6.54 Å². The van der Waals surface area contributed by atoms with Crippen molar-refractivity contribution in [3.8, 4) is 0 Å². The summed E-state index contributed by atoms with van der Waals surface area (Å²) in [5.41, 5.74) is 5.33. The molecule has 2 fully saturated rings. The normalized spacial score (nSPS) is 36.1. The maximum atomic E-state index is 12.1. The minimum Gasteiger partial charge on any atom is -0.462 e. The standard InChI is InChI=1S/C13H23NO3/c1-9-6-11(7-10(2)16-9)17-12(15)13(8-14)4-3-5-13/h9-11H,3-8,14H2,1-2H3. The smallest absolute Gasteiger partial charge is 0.313 e. The van der Waals surface area contributed by atoms with E-state index >= 15 is 0 Å². The molecule has 2 rings (SSSR count). The van der Waals surface area contributed by atoms with Crippen LogP contribution in [0.1, 0.15) is 46.0 Å². The van der Waals surface area contributed by atoms with Gasteiger partial charge in [-0.15, -0.1) is 0 Å². The van der Waals surface area contributed by atoms with E-state index in [4.69, 9.17) is 15.2 Å². The van der Waals surface area contributed by atoms with E-state index in [-0.39, 0.29) is 29.7 Å². The molecule has 0 spiro atoms. The molecule has 2 N–H and O–H groups in total. The van der Waals surface area contributed by atoms with Crippen LogP contribution in [0.15, 0.2) is 0 Å². The Balaban J connectivity index is 1.89. The summed E-state index contributed by atoms with van der Waals surface area (Å²) in [6, 6.07) is 0. The Morgan fingerprint density at radius 2 is 1.94 bits per heavy atom. The molecule has 0 radical (unpaired) electrons. The van der Waals surface area contributed by atoms with Gasteiger partial charge in [-0.2, -0.15) is 0 Å². The van der Waals surface area contributed by atoms with Crippen molar-refractivity contribution in [1.29, 1.82) is 0 Å². The van der Waals surface area contributed by atoms with Crippen LogP contribution in [0.5, 0.6) is 0 Å². The zero-order valence-corrected chi connectivity index (χ0v) is 10.8. The van der Waals surface area contributed by atoms with Crippen LogP contribution < -0.4 is 5.73 Å². The van der Waals surface area contributed by atoms with Gasteiger partial charge >= 0.3 is 5.97 Å². The molecule has 2 unspecified atom stereocenters. The Bertz CT molecular complexity index is 273. The molecule has 0 amide bonds.